The Hall–Kier alpha value is -3.62. The number of morpholine rings is 1. The molecule has 0 aliphatic carbocycles. The summed E-state index contributed by atoms with van der Waals surface area (Å²) < 4.78 is 22.8. The van der Waals surface area contributed by atoms with E-state index in [-0.39, 0.29) is 24.7 Å². The zero-order chi connectivity index (χ0) is 29.2. The monoisotopic (exact) mass is 562 g/mol. The average molecular weight is 563 g/mol. The third-order valence-electron chi connectivity index (χ3n) is 7.83. The van der Waals surface area contributed by atoms with Crippen molar-refractivity contribution in [2.45, 2.75) is 38.6 Å². The number of carbonyl (C=O) groups is 2. The van der Waals surface area contributed by atoms with Gasteiger partial charge in [-0.1, -0.05) is 32.2 Å². The maximum atomic E-state index is 14.1. The first-order valence-corrected chi connectivity index (χ1v) is 14.4. The van der Waals surface area contributed by atoms with Crippen molar-refractivity contribution in [1.82, 2.24) is 9.80 Å². The Morgan fingerprint density at radius 2 is 1.59 bits per heavy atom. The van der Waals surface area contributed by atoms with Gasteiger partial charge in [-0.15, -0.1) is 0 Å². The third-order valence-corrected chi connectivity index (χ3v) is 7.83. The number of ketones is 1. The van der Waals surface area contributed by atoms with Crippen LogP contribution < -0.4 is 14.2 Å². The van der Waals surface area contributed by atoms with Gasteiger partial charge in [0.05, 0.1) is 32.3 Å². The minimum absolute atomic E-state index is 0.000509. The predicted octanol–water partition coefficient (Wildman–Crippen LogP) is 4.48. The number of methoxy groups -OCH3 is 1. The first-order chi connectivity index (χ1) is 20.0. The molecule has 1 amide bonds. The molecule has 2 aliphatic heterocycles. The molecule has 0 atom stereocenters. The molecule has 8 heteroatoms. The molecule has 0 saturated carbocycles. The fourth-order valence-electron chi connectivity index (χ4n) is 5.67. The van der Waals surface area contributed by atoms with Crippen LogP contribution in [0.4, 0.5) is 0 Å². The molecule has 0 N–H and O–H groups in total. The summed E-state index contributed by atoms with van der Waals surface area (Å²) in [4.78, 5) is 32.3. The number of hydrogen-bond acceptors (Lipinski definition) is 7. The van der Waals surface area contributed by atoms with E-state index in [0.717, 1.165) is 44.7 Å². The summed E-state index contributed by atoms with van der Waals surface area (Å²) in [5.41, 5.74) is 2.34. The van der Waals surface area contributed by atoms with Gasteiger partial charge in [0.1, 0.15) is 30.5 Å². The molecule has 0 bridgehead atoms. The van der Waals surface area contributed by atoms with Crippen LogP contribution in [0.1, 0.15) is 46.8 Å². The first-order valence-electron chi connectivity index (χ1n) is 14.4. The molecule has 2 aromatic carbocycles. The lowest BCUT2D eigenvalue weighted by molar-refractivity contribution is -0.132. The molecule has 220 valence electrons. The third kappa shape index (κ3) is 7.37. The summed E-state index contributed by atoms with van der Waals surface area (Å²) in [6.07, 6.45) is 5.82. The summed E-state index contributed by atoms with van der Waals surface area (Å²) in [6.45, 7) is 14.8. The van der Waals surface area contributed by atoms with Gasteiger partial charge in [0.2, 0.25) is 5.91 Å². The van der Waals surface area contributed by atoms with E-state index in [1.165, 1.54) is 0 Å². The Kier molecular flexibility index (Phi) is 11.0. The zero-order valence-corrected chi connectivity index (χ0v) is 24.4. The Balaban J connectivity index is 1.68. The lowest BCUT2D eigenvalue weighted by atomic mass is 9.89. The maximum Gasteiger partial charge on any atom is 0.227 e. The second-order valence-electron chi connectivity index (χ2n) is 10.3. The van der Waals surface area contributed by atoms with Crippen LogP contribution in [-0.2, 0) is 22.4 Å². The molecule has 2 aliphatic rings. The van der Waals surface area contributed by atoms with Crippen molar-refractivity contribution in [3.63, 3.8) is 0 Å². The average Bonchev–Trinajstić information content (AvgIpc) is 3.02. The summed E-state index contributed by atoms with van der Waals surface area (Å²) in [6, 6.07) is 9.19. The number of carbonyl (C=O) groups excluding carboxylic acids is 2. The Bertz CT molecular complexity index is 1210. The number of ether oxygens (including phenoxy) is 4. The molecule has 4 rings (SSSR count). The number of amides is 1. The molecular weight excluding hydrogens is 520 g/mol. The van der Waals surface area contributed by atoms with Crippen molar-refractivity contribution in [3.8, 4) is 17.2 Å². The molecule has 0 aromatic heterocycles. The van der Waals surface area contributed by atoms with Crippen molar-refractivity contribution in [1.29, 1.82) is 0 Å². The molecule has 0 radical (unpaired) electrons. The van der Waals surface area contributed by atoms with E-state index in [0.29, 0.717) is 66.1 Å². The van der Waals surface area contributed by atoms with Crippen LogP contribution >= 0.6 is 0 Å². The summed E-state index contributed by atoms with van der Waals surface area (Å²) in [5, 5.41) is 0. The number of rotatable bonds is 13. The first kappa shape index (κ1) is 30.3. The van der Waals surface area contributed by atoms with Crippen molar-refractivity contribution < 1.29 is 28.5 Å². The van der Waals surface area contributed by atoms with Gasteiger partial charge in [0.25, 0.3) is 0 Å². The maximum absolute atomic E-state index is 14.1. The molecule has 0 spiro atoms. The molecule has 41 heavy (non-hydrogen) atoms. The molecule has 2 heterocycles. The number of hydrogen-bond donors (Lipinski definition) is 0. The van der Waals surface area contributed by atoms with E-state index in [4.69, 9.17) is 18.9 Å². The fraction of sp³-hybridized carbons (Fsp3) is 0.455. The van der Waals surface area contributed by atoms with Gasteiger partial charge in [0.15, 0.2) is 5.78 Å². The molecular formula is C33H42N2O6. The van der Waals surface area contributed by atoms with E-state index in [1.807, 2.05) is 11.8 Å². The van der Waals surface area contributed by atoms with Crippen molar-refractivity contribution in [3.05, 3.63) is 77.9 Å². The lowest BCUT2D eigenvalue weighted by Gasteiger charge is -2.40. The minimum atomic E-state index is -0.217. The van der Waals surface area contributed by atoms with Gasteiger partial charge in [-0.3, -0.25) is 14.5 Å². The molecule has 0 unspecified atom stereocenters. The van der Waals surface area contributed by atoms with Crippen molar-refractivity contribution in [2.75, 3.05) is 59.7 Å². The van der Waals surface area contributed by atoms with Crippen LogP contribution in [0, 0.1) is 0 Å². The van der Waals surface area contributed by atoms with Gasteiger partial charge >= 0.3 is 0 Å². The summed E-state index contributed by atoms with van der Waals surface area (Å²) in [5.74, 6) is 1.40. The lowest BCUT2D eigenvalue weighted by Crippen LogP contribution is -2.50. The largest absolute Gasteiger partial charge is 0.497 e. The fourth-order valence-corrected chi connectivity index (χ4v) is 5.67. The van der Waals surface area contributed by atoms with Crippen LogP contribution in [0.15, 0.2) is 55.6 Å². The Morgan fingerprint density at radius 3 is 2.17 bits per heavy atom. The highest BCUT2D eigenvalue weighted by Crippen LogP contribution is 2.37. The SMILES string of the molecule is C=CCOc1cc(OCC=C)c(C(=O)c2ccc(OC)cc2)c(CC(=O)N2CCC(N3CCOCC3)CC2)c1CC. The van der Waals surface area contributed by atoms with Gasteiger partial charge in [-0.05, 0) is 54.7 Å². The highest BCUT2D eigenvalue weighted by molar-refractivity contribution is 6.12. The van der Waals surface area contributed by atoms with Gasteiger partial charge in [0, 0.05) is 43.9 Å². The van der Waals surface area contributed by atoms with Crippen LogP contribution in [0.3, 0.4) is 0 Å². The van der Waals surface area contributed by atoms with E-state index < -0.39 is 0 Å². The Morgan fingerprint density at radius 1 is 0.951 bits per heavy atom. The quantitative estimate of drug-likeness (QED) is 0.263. The number of likely N-dealkylation sites (tertiary alicyclic amines) is 1. The second-order valence-corrected chi connectivity index (χ2v) is 10.3. The van der Waals surface area contributed by atoms with E-state index in [9.17, 15) is 9.59 Å². The van der Waals surface area contributed by atoms with Crippen LogP contribution in [0.25, 0.3) is 0 Å². The van der Waals surface area contributed by atoms with Crippen molar-refractivity contribution >= 4 is 11.7 Å². The van der Waals surface area contributed by atoms with Crippen molar-refractivity contribution in [2.24, 2.45) is 0 Å². The molecule has 2 saturated heterocycles. The van der Waals surface area contributed by atoms with Gasteiger partial charge < -0.3 is 23.8 Å². The molecule has 2 fully saturated rings. The zero-order valence-electron chi connectivity index (χ0n) is 24.4. The molecule has 2 aromatic rings. The highest BCUT2D eigenvalue weighted by Gasteiger charge is 2.31. The second kappa shape index (κ2) is 14.8. The van der Waals surface area contributed by atoms with Crippen LogP contribution in [0.2, 0.25) is 0 Å². The topological polar surface area (TPSA) is 77.5 Å². The molecule has 8 nitrogen and oxygen atoms in total. The van der Waals surface area contributed by atoms with E-state index >= 15 is 0 Å². The predicted molar refractivity (Wildman–Crippen MR) is 159 cm³/mol. The number of piperidine rings is 1. The van der Waals surface area contributed by atoms with Gasteiger partial charge in [-0.25, -0.2) is 0 Å². The highest BCUT2D eigenvalue weighted by atomic mass is 16.5. The van der Waals surface area contributed by atoms with Crippen LogP contribution in [0.5, 0.6) is 17.2 Å². The van der Waals surface area contributed by atoms with E-state index in [2.05, 4.69) is 18.1 Å². The summed E-state index contributed by atoms with van der Waals surface area (Å²) >= 11 is 0. The van der Waals surface area contributed by atoms with Gasteiger partial charge in [-0.2, -0.15) is 0 Å². The number of benzene rings is 2. The van der Waals surface area contributed by atoms with Crippen LogP contribution in [-0.4, -0.2) is 87.2 Å². The smallest absolute Gasteiger partial charge is 0.227 e. The normalized spacial score (nSPS) is 16.2. The number of nitrogens with zero attached hydrogens (tertiary/aromatic N) is 2. The summed E-state index contributed by atoms with van der Waals surface area (Å²) in [7, 11) is 1.58. The Labute approximate surface area is 243 Å². The minimum Gasteiger partial charge on any atom is -0.497 e. The van der Waals surface area contributed by atoms with E-state index in [1.54, 1.807) is 49.6 Å². The standard InChI is InChI=1S/C33H42N2O6/c1-5-18-40-29-23-30(41-19-6-2)32(33(37)24-8-10-26(38-4)11-9-24)28(27(29)7-3)22-31(36)35-14-12-25(13-15-35)34-16-20-39-21-17-34/h5-6,8-11,23,25H,1-2,7,12-22H2,3-4H3.